The second-order valence-corrected chi connectivity index (χ2v) is 7.09. The van der Waals surface area contributed by atoms with Gasteiger partial charge in [-0.1, -0.05) is 23.7 Å². The molecule has 0 atom stereocenters. The normalized spacial score (nSPS) is 11.4. The molecular weight excluding hydrogens is 336 g/mol. The molecule has 0 unspecified atom stereocenters. The summed E-state index contributed by atoms with van der Waals surface area (Å²) in [5, 5.41) is 6.30. The first-order valence-electron chi connectivity index (χ1n) is 7.90. The topological polar surface area (TPSA) is 58.2 Å². The van der Waals surface area contributed by atoms with Crippen molar-refractivity contribution in [1.82, 2.24) is 5.32 Å². The number of carbonyl (C=O) groups is 2. The van der Waals surface area contributed by atoms with Gasteiger partial charge in [0.2, 0.25) is 5.91 Å². The molecule has 2 amide bonds. The van der Waals surface area contributed by atoms with E-state index in [-0.39, 0.29) is 17.4 Å². The van der Waals surface area contributed by atoms with Gasteiger partial charge in [-0.3, -0.25) is 9.59 Å². The van der Waals surface area contributed by atoms with Gasteiger partial charge >= 0.3 is 0 Å². The predicted octanol–water partition coefficient (Wildman–Crippen LogP) is 4.52. The molecule has 4 nitrogen and oxygen atoms in total. The van der Waals surface area contributed by atoms with E-state index in [9.17, 15) is 9.59 Å². The molecule has 0 heterocycles. The molecule has 5 heteroatoms. The predicted molar refractivity (Wildman–Crippen MR) is 103 cm³/mol. The number of rotatable bonds is 4. The van der Waals surface area contributed by atoms with Crippen LogP contribution in [-0.2, 0) is 4.79 Å². The van der Waals surface area contributed by atoms with Crippen molar-refractivity contribution in [1.29, 1.82) is 0 Å². The van der Waals surface area contributed by atoms with Gasteiger partial charge in [-0.2, -0.15) is 0 Å². The first kappa shape index (κ1) is 18.7. The van der Waals surface area contributed by atoms with Crippen LogP contribution >= 0.6 is 11.6 Å². The molecule has 0 aliphatic carbocycles. The fourth-order valence-electron chi connectivity index (χ4n) is 2.05. The van der Waals surface area contributed by atoms with E-state index < -0.39 is 0 Å². The summed E-state index contributed by atoms with van der Waals surface area (Å²) in [5.74, 6) is -0.394. The molecule has 0 bridgehead atoms. The second kappa shape index (κ2) is 7.99. The van der Waals surface area contributed by atoms with E-state index in [0.717, 1.165) is 5.56 Å². The quantitative estimate of drug-likeness (QED) is 0.791. The van der Waals surface area contributed by atoms with Gasteiger partial charge in [-0.25, -0.2) is 0 Å². The lowest BCUT2D eigenvalue weighted by Gasteiger charge is -2.20. The third-order valence-corrected chi connectivity index (χ3v) is 3.45. The van der Waals surface area contributed by atoms with Crippen molar-refractivity contribution >= 4 is 35.2 Å². The van der Waals surface area contributed by atoms with Crippen molar-refractivity contribution in [3.63, 3.8) is 0 Å². The van der Waals surface area contributed by atoms with Gasteiger partial charge in [0, 0.05) is 27.9 Å². The number of anilines is 1. The zero-order valence-electron chi connectivity index (χ0n) is 14.5. The first-order chi connectivity index (χ1) is 11.7. The number of carbonyl (C=O) groups excluding carboxylic acids is 2. The SMILES string of the molecule is CC(C)(C)NC(=O)c1ccc(NC(=O)/C=C/c2ccc(Cl)cc2)cc1. The highest BCUT2D eigenvalue weighted by atomic mass is 35.5. The molecule has 0 saturated carbocycles. The Morgan fingerprint density at radius 2 is 1.56 bits per heavy atom. The van der Waals surface area contributed by atoms with Crippen molar-refractivity contribution < 1.29 is 9.59 Å². The Morgan fingerprint density at radius 1 is 0.960 bits per heavy atom. The highest BCUT2D eigenvalue weighted by Crippen LogP contribution is 2.13. The van der Waals surface area contributed by atoms with Gasteiger partial charge in [0.25, 0.3) is 5.91 Å². The summed E-state index contributed by atoms with van der Waals surface area (Å²) < 4.78 is 0. The molecule has 0 aliphatic rings. The Kier molecular flexibility index (Phi) is 5.99. The van der Waals surface area contributed by atoms with Crippen LogP contribution in [-0.4, -0.2) is 17.4 Å². The summed E-state index contributed by atoms with van der Waals surface area (Å²) in [5.41, 5.74) is 1.76. The molecular formula is C20H21ClN2O2. The molecule has 2 aromatic rings. The molecule has 0 aliphatic heterocycles. The van der Waals surface area contributed by atoms with Crippen LogP contribution in [0, 0.1) is 0 Å². The minimum absolute atomic E-state index is 0.145. The third kappa shape index (κ3) is 6.43. The van der Waals surface area contributed by atoms with Gasteiger partial charge < -0.3 is 10.6 Å². The van der Waals surface area contributed by atoms with Gasteiger partial charge in [0.05, 0.1) is 0 Å². The van der Waals surface area contributed by atoms with E-state index in [1.165, 1.54) is 6.08 Å². The highest BCUT2D eigenvalue weighted by Gasteiger charge is 2.15. The van der Waals surface area contributed by atoms with Crippen molar-refractivity contribution in [2.75, 3.05) is 5.32 Å². The number of hydrogen-bond donors (Lipinski definition) is 2. The molecule has 130 valence electrons. The van der Waals surface area contributed by atoms with E-state index in [0.29, 0.717) is 16.3 Å². The monoisotopic (exact) mass is 356 g/mol. The van der Waals surface area contributed by atoms with E-state index >= 15 is 0 Å². The molecule has 2 rings (SSSR count). The summed E-state index contributed by atoms with van der Waals surface area (Å²) in [7, 11) is 0. The Hall–Kier alpha value is -2.59. The van der Waals surface area contributed by atoms with Crippen molar-refractivity contribution in [3.8, 4) is 0 Å². The van der Waals surface area contributed by atoms with Gasteiger partial charge in [0.1, 0.15) is 0 Å². The van der Waals surface area contributed by atoms with E-state index in [1.54, 1.807) is 42.5 Å². The Labute approximate surface area is 152 Å². The lowest BCUT2D eigenvalue weighted by Crippen LogP contribution is -2.40. The van der Waals surface area contributed by atoms with Crippen LogP contribution in [0.1, 0.15) is 36.7 Å². The largest absolute Gasteiger partial charge is 0.347 e. The zero-order valence-corrected chi connectivity index (χ0v) is 15.2. The van der Waals surface area contributed by atoms with Crippen LogP contribution in [0.5, 0.6) is 0 Å². The van der Waals surface area contributed by atoms with Gasteiger partial charge in [0.15, 0.2) is 0 Å². The molecule has 2 aromatic carbocycles. The zero-order chi connectivity index (χ0) is 18.4. The standard InChI is InChI=1S/C20H21ClN2O2/c1-20(2,3)23-19(25)15-7-11-17(12-8-15)22-18(24)13-6-14-4-9-16(21)10-5-14/h4-13H,1-3H3,(H,22,24)(H,23,25)/b13-6+. The van der Waals surface area contributed by atoms with Gasteiger partial charge in [-0.15, -0.1) is 0 Å². The van der Waals surface area contributed by atoms with Crippen LogP contribution < -0.4 is 10.6 Å². The van der Waals surface area contributed by atoms with E-state index in [2.05, 4.69) is 10.6 Å². The summed E-state index contributed by atoms with van der Waals surface area (Å²) in [4.78, 5) is 24.0. The Balaban J connectivity index is 1.95. The van der Waals surface area contributed by atoms with Crippen molar-refractivity contribution in [2.45, 2.75) is 26.3 Å². The molecule has 0 spiro atoms. The average Bonchev–Trinajstić information content (AvgIpc) is 2.53. The fourth-order valence-corrected chi connectivity index (χ4v) is 2.17. The third-order valence-electron chi connectivity index (χ3n) is 3.20. The maximum atomic E-state index is 12.1. The lowest BCUT2D eigenvalue weighted by molar-refractivity contribution is -0.111. The highest BCUT2D eigenvalue weighted by molar-refractivity contribution is 6.30. The molecule has 0 saturated heterocycles. The minimum atomic E-state index is -0.295. The molecule has 0 fully saturated rings. The summed E-state index contributed by atoms with van der Waals surface area (Å²) in [6.07, 6.45) is 3.15. The second-order valence-electron chi connectivity index (χ2n) is 6.66. The van der Waals surface area contributed by atoms with Crippen LogP contribution in [0.15, 0.2) is 54.6 Å². The fraction of sp³-hybridized carbons (Fsp3) is 0.200. The smallest absolute Gasteiger partial charge is 0.251 e. The molecule has 25 heavy (non-hydrogen) atoms. The van der Waals surface area contributed by atoms with Crippen LogP contribution in [0.3, 0.4) is 0 Å². The summed E-state index contributed by atoms with van der Waals surface area (Å²) in [6, 6.07) is 13.9. The maximum Gasteiger partial charge on any atom is 0.251 e. The average molecular weight is 357 g/mol. The maximum absolute atomic E-state index is 12.1. The minimum Gasteiger partial charge on any atom is -0.347 e. The number of benzene rings is 2. The molecule has 2 N–H and O–H groups in total. The number of amides is 2. The number of halogens is 1. The Bertz CT molecular complexity index is 773. The summed E-state index contributed by atoms with van der Waals surface area (Å²) in [6.45, 7) is 5.77. The van der Waals surface area contributed by atoms with E-state index in [4.69, 9.17) is 11.6 Å². The van der Waals surface area contributed by atoms with Gasteiger partial charge in [-0.05, 0) is 68.8 Å². The first-order valence-corrected chi connectivity index (χ1v) is 8.28. The number of nitrogens with one attached hydrogen (secondary N) is 2. The van der Waals surface area contributed by atoms with Crippen LogP contribution in [0.25, 0.3) is 6.08 Å². The van der Waals surface area contributed by atoms with Crippen LogP contribution in [0.4, 0.5) is 5.69 Å². The molecule has 0 aromatic heterocycles. The summed E-state index contributed by atoms with van der Waals surface area (Å²) >= 11 is 5.82. The molecule has 0 radical (unpaired) electrons. The Morgan fingerprint density at radius 3 is 2.12 bits per heavy atom. The van der Waals surface area contributed by atoms with Crippen molar-refractivity contribution in [2.24, 2.45) is 0 Å². The lowest BCUT2D eigenvalue weighted by atomic mass is 10.1. The van der Waals surface area contributed by atoms with E-state index in [1.807, 2.05) is 32.9 Å². The number of hydrogen-bond acceptors (Lipinski definition) is 2. The van der Waals surface area contributed by atoms with Crippen molar-refractivity contribution in [3.05, 3.63) is 70.8 Å². The van der Waals surface area contributed by atoms with Crippen LogP contribution in [0.2, 0.25) is 5.02 Å².